The fraction of sp³-hybridized carbons (Fsp3) is 0.267. The summed E-state index contributed by atoms with van der Waals surface area (Å²) in [5.41, 5.74) is 8.39. The van der Waals surface area contributed by atoms with Gasteiger partial charge in [0, 0.05) is 18.2 Å². The van der Waals surface area contributed by atoms with Crippen molar-refractivity contribution in [2.75, 3.05) is 7.11 Å². The third-order valence-corrected chi connectivity index (χ3v) is 2.93. The predicted molar refractivity (Wildman–Crippen MR) is 75.2 cm³/mol. The summed E-state index contributed by atoms with van der Waals surface area (Å²) in [7, 11) is 1.63. The van der Waals surface area contributed by atoms with E-state index in [4.69, 9.17) is 14.9 Å². The molecule has 0 aliphatic heterocycles. The van der Waals surface area contributed by atoms with Crippen molar-refractivity contribution in [3.8, 4) is 11.5 Å². The second-order valence-electron chi connectivity index (χ2n) is 4.32. The molecule has 2 aromatic rings. The van der Waals surface area contributed by atoms with Crippen LogP contribution in [0.1, 0.15) is 23.9 Å². The van der Waals surface area contributed by atoms with E-state index >= 15 is 0 Å². The average Bonchev–Trinajstić information content (AvgIpc) is 2.80. The lowest BCUT2D eigenvalue weighted by Gasteiger charge is -1.98. The Labute approximate surface area is 112 Å². The van der Waals surface area contributed by atoms with E-state index in [-0.39, 0.29) is 0 Å². The first-order valence-corrected chi connectivity index (χ1v) is 6.13. The van der Waals surface area contributed by atoms with E-state index in [1.54, 1.807) is 7.11 Å². The van der Waals surface area contributed by atoms with Crippen molar-refractivity contribution in [2.24, 2.45) is 5.73 Å². The molecule has 0 spiro atoms. The normalized spacial score (nSPS) is 11.7. The molecular formula is C15H18N2O2. The molecule has 0 radical (unpaired) electrons. The van der Waals surface area contributed by atoms with Crippen LogP contribution in [0.2, 0.25) is 0 Å². The molecule has 0 atom stereocenters. The van der Waals surface area contributed by atoms with E-state index < -0.39 is 0 Å². The van der Waals surface area contributed by atoms with E-state index in [2.05, 4.69) is 4.98 Å². The van der Waals surface area contributed by atoms with Crippen LogP contribution >= 0.6 is 0 Å². The van der Waals surface area contributed by atoms with Gasteiger partial charge in [0.1, 0.15) is 11.5 Å². The van der Waals surface area contributed by atoms with Gasteiger partial charge in [-0.2, -0.15) is 0 Å². The second-order valence-corrected chi connectivity index (χ2v) is 4.32. The van der Waals surface area contributed by atoms with Gasteiger partial charge in [-0.25, -0.2) is 4.98 Å². The highest BCUT2D eigenvalue weighted by molar-refractivity contribution is 5.58. The number of hydrogen-bond donors (Lipinski definition) is 1. The van der Waals surface area contributed by atoms with Crippen LogP contribution in [0.15, 0.2) is 34.4 Å². The third-order valence-electron chi connectivity index (χ3n) is 2.93. The molecule has 1 heterocycles. The maximum Gasteiger partial charge on any atom is 0.226 e. The van der Waals surface area contributed by atoms with Crippen molar-refractivity contribution in [2.45, 2.75) is 20.4 Å². The van der Waals surface area contributed by atoms with E-state index in [0.29, 0.717) is 12.4 Å². The fourth-order valence-corrected chi connectivity index (χ4v) is 1.70. The maximum atomic E-state index is 5.68. The number of nitrogens with zero attached hydrogens (tertiary/aromatic N) is 1. The Morgan fingerprint density at radius 3 is 2.63 bits per heavy atom. The largest absolute Gasteiger partial charge is 0.501 e. The number of aromatic nitrogens is 1. The SMILES string of the molecule is CO/C(C)=C/c1nc(-c2ccc(CN)cc2)oc1C. The van der Waals surface area contributed by atoms with E-state index in [1.807, 2.05) is 44.2 Å². The number of allylic oxidation sites excluding steroid dienone is 1. The van der Waals surface area contributed by atoms with Crippen molar-refractivity contribution in [3.05, 3.63) is 47.0 Å². The van der Waals surface area contributed by atoms with E-state index in [1.165, 1.54) is 0 Å². The summed E-state index contributed by atoms with van der Waals surface area (Å²) < 4.78 is 10.8. The highest BCUT2D eigenvalue weighted by atomic mass is 16.5. The average molecular weight is 258 g/mol. The lowest BCUT2D eigenvalue weighted by atomic mass is 10.1. The first-order chi connectivity index (χ1) is 9.13. The van der Waals surface area contributed by atoms with Gasteiger partial charge in [0.05, 0.1) is 12.9 Å². The molecule has 0 bridgehead atoms. The monoisotopic (exact) mass is 258 g/mol. The first kappa shape index (κ1) is 13.4. The molecule has 4 heteroatoms. The summed E-state index contributed by atoms with van der Waals surface area (Å²) in [6.45, 7) is 4.30. The molecule has 0 aliphatic carbocycles. The lowest BCUT2D eigenvalue weighted by Crippen LogP contribution is -1.95. The van der Waals surface area contributed by atoms with Crippen molar-refractivity contribution in [1.82, 2.24) is 4.98 Å². The van der Waals surface area contributed by atoms with Crippen LogP contribution in [0, 0.1) is 6.92 Å². The van der Waals surface area contributed by atoms with Crippen LogP contribution in [-0.2, 0) is 11.3 Å². The molecule has 2 rings (SSSR count). The van der Waals surface area contributed by atoms with Gasteiger partial charge in [0.25, 0.3) is 0 Å². The Morgan fingerprint density at radius 2 is 2.05 bits per heavy atom. The Hall–Kier alpha value is -2.07. The summed E-state index contributed by atoms with van der Waals surface area (Å²) in [6, 6.07) is 7.88. The van der Waals surface area contributed by atoms with Crippen molar-refractivity contribution in [1.29, 1.82) is 0 Å². The molecule has 2 N–H and O–H groups in total. The maximum absolute atomic E-state index is 5.68. The zero-order valence-corrected chi connectivity index (χ0v) is 11.4. The number of nitrogens with two attached hydrogens (primary N) is 1. The Kier molecular flexibility index (Phi) is 4.02. The van der Waals surface area contributed by atoms with Crippen LogP contribution in [0.5, 0.6) is 0 Å². The smallest absolute Gasteiger partial charge is 0.226 e. The minimum atomic E-state index is 0.534. The molecule has 0 saturated carbocycles. The van der Waals surface area contributed by atoms with Crippen LogP contribution in [0.25, 0.3) is 17.5 Å². The van der Waals surface area contributed by atoms with E-state index in [9.17, 15) is 0 Å². The topological polar surface area (TPSA) is 61.3 Å². The Balaban J connectivity index is 2.33. The minimum Gasteiger partial charge on any atom is -0.501 e. The van der Waals surface area contributed by atoms with Crippen LogP contribution < -0.4 is 5.73 Å². The fourth-order valence-electron chi connectivity index (χ4n) is 1.70. The standard InChI is InChI=1S/C15H18N2O2/c1-10(18-3)8-14-11(2)19-15(17-14)13-6-4-12(9-16)5-7-13/h4-8H,9,16H2,1-3H3/b10-8+. The Morgan fingerprint density at radius 1 is 1.37 bits per heavy atom. The molecule has 0 amide bonds. The second kappa shape index (κ2) is 5.71. The molecule has 1 aromatic heterocycles. The number of rotatable bonds is 4. The number of aryl methyl sites for hydroxylation is 1. The Bertz CT molecular complexity index is 583. The quantitative estimate of drug-likeness (QED) is 0.856. The van der Waals surface area contributed by atoms with Gasteiger partial charge >= 0.3 is 0 Å². The summed E-state index contributed by atoms with van der Waals surface area (Å²) in [4.78, 5) is 4.47. The zero-order valence-electron chi connectivity index (χ0n) is 11.4. The minimum absolute atomic E-state index is 0.534. The van der Waals surface area contributed by atoms with Gasteiger partial charge in [-0.3, -0.25) is 0 Å². The number of benzene rings is 1. The number of oxazole rings is 1. The molecule has 4 nitrogen and oxygen atoms in total. The number of hydrogen-bond acceptors (Lipinski definition) is 4. The van der Waals surface area contributed by atoms with Gasteiger partial charge in [-0.1, -0.05) is 12.1 Å². The summed E-state index contributed by atoms with van der Waals surface area (Å²) in [5.74, 6) is 2.17. The van der Waals surface area contributed by atoms with Gasteiger partial charge < -0.3 is 14.9 Å². The van der Waals surface area contributed by atoms with Crippen LogP contribution in [-0.4, -0.2) is 12.1 Å². The van der Waals surface area contributed by atoms with Crippen LogP contribution in [0.4, 0.5) is 0 Å². The van der Waals surface area contributed by atoms with Crippen molar-refractivity contribution < 1.29 is 9.15 Å². The zero-order chi connectivity index (χ0) is 13.8. The molecular weight excluding hydrogens is 240 g/mol. The molecule has 1 aromatic carbocycles. The highest BCUT2D eigenvalue weighted by Crippen LogP contribution is 2.23. The van der Waals surface area contributed by atoms with Crippen molar-refractivity contribution >= 4 is 6.08 Å². The molecule has 0 unspecified atom stereocenters. The van der Waals surface area contributed by atoms with Gasteiger partial charge in [-0.05, 0) is 31.5 Å². The van der Waals surface area contributed by atoms with Gasteiger partial charge in [0.15, 0.2) is 0 Å². The summed E-state index contributed by atoms with van der Waals surface area (Å²) in [6.07, 6.45) is 1.86. The van der Waals surface area contributed by atoms with Crippen LogP contribution in [0.3, 0.4) is 0 Å². The molecule has 0 saturated heterocycles. The highest BCUT2D eigenvalue weighted by Gasteiger charge is 2.10. The third kappa shape index (κ3) is 3.03. The lowest BCUT2D eigenvalue weighted by molar-refractivity contribution is 0.297. The molecule has 100 valence electrons. The number of ether oxygens (including phenoxy) is 1. The molecule has 19 heavy (non-hydrogen) atoms. The molecule has 0 fully saturated rings. The first-order valence-electron chi connectivity index (χ1n) is 6.13. The number of methoxy groups -OCH3 is 1. The van der Waals surface area contributed by atoms with Crippen molar-refractivity contribution in [3.63, 3.8) is 0 Å². The predicted octanol–water partition coefficient (Wildman–Crippen LogP) is 3.12. The molecule has 0 aliphatic rings. The van der Waals surface area contributed by atoms with E-state index in [0.717, 1.165) is 28.3 Å². The summed E-state index contributed by atoms with van der Waals surface area (Å²) >= 11 is 0. The van der Waals surface area contributed by atoms with Gasteiger partial charge in [0.2, 0.25) is 5.89 Å². The summed E-state index contributed by atoms with van der Waals surface area (Å²) in [5, 5.41) is 0. The van der Waals surface area contributed by atoms with Gasteiger partial charge in [-0.15, -0.1) is 0 Å².